The summed E-state index contributed by atoms with van der Waals surface area (Å²) in [6, 6.07) is 21.1. The highest BCUT2D eigenvalue weighted by atomic mass is 16.5. The standard InChI is InChI=1S/C30H34N4O4/c1-6-26(33(19-20(2)3)30(36)32-25-13-9-10-14-27(25)38-5)28-31-24-12-8-7-11-23(24)29(35)34(28)21-15-17-22(37-4)18-16-21/h7-18,20,26H,6,19H2,1-5H3,(H,32,36). The van der Waals surface area contributed by atoms with Gasteiger partial charge in [-0.05, 0) is 60.9 Å². The highest BCUT2D eigenvalue weighted by Gasteiger charge is 2.30. The van der Waals surface area contributed by atoms with E-state index in [4.69, 9.17) is 14.5 Å². The summed E-state index contributed by atoms with van der Waals surface area (Å²) in [5, 5.41) is 3.52. The van der Waals surface area contributed by atoms with Gasteiger partial charge in [0.25, 0.3) is 5.56 Å². The Balaban J connectivity index is 1.88. The van der Waals surface area contributed by atoms with Crippen molar-refractivity contribution in [2.75, 3.05) is 26.1 Å². The molecule has 2 amide bonds. The summed E-state index contributed by atoms with van der Waals surface area (Å²) in [5.74, 6) is 1.92. The fraction of sp³-hybridized carbons (Fsp3) is 0.300. The zero-order chi connectivity index (χ0) is 27.2. The molecule has 1 atom stereocenters. The first-order valence-corrected chi connectivity index (χ1v) is 12.7. The number of aromatic nitrogens is 2. The van der Waals surface area contributed by atoms with E-state index in [0.29, 0.717) is 52.6 Å². The van der Waals surface area contributed by atoms with E-state index in [9.17, 15) is 9.59 Å². The van der Waals surface area contributed by atoms with Gasteiger partial charge in [0.05, 0.1) is 42.5 Å². The summed E-state index contributed by atoms with van der Waals surface area (Å²) in [6.45, 7) is 6.57. The zero-order valence-corrected chi connectivity index (χ0v) is 22.5. The molecule has 0 saturated heterocycles. The van der Waals surface area contributed by atoms with Gasteiger partial charge in [-0.3, -0.25) is 9.36 Å². The maximum Gasteiger partial charge on any atom is 0.322 e. The number of anilines is 1. The molecule has 1 unspecified atom stereocenters. The molecule has 0 aliphatic heterocycles. The van der Waals surface area contributed by atoms with E-state index >= 15 is 0 Å². The molecule has 0 bridgehead atoms. The third kappa shape index (κ3) is 5.49. The first-order valence-electron chi connectivity index (χ1n) is 12.7. The van der Waals surface area contributed by atoms with Gasteiger partial charge >= 0.3 is 6.03 Å². The van der Waals surface area contributed by atoms with E-state index in [1.165, 1.54) is 0 Å². The third-order valence-corrected chi connectivity index (χ3v) is 6.36. The second kappa shape index (κ2) is 11.8. The van der Waals surface area contributed by atoms with Crippen LogP contribution in [0.1, 0.15) is 39.1 Å². The van der Waals surface area contributed by atoms with Gasteiger partial charge in [0, 0.05) is 6.54 Å². The Hall–Kier alpha value is -4.33. The van der Waals surface area contributed by atoms with Crippen molar-refractivity contribution in [2.24, 2.45) is 5.92 Å². The number of methoxy groups -OCH3 is 2. The molecule has 198 valence electrons. The van der Waals surface area contributed by atoms with Crippen LogP contribution in [0.4, 0.5) is 10.5 Å². The summed E-state index contributed by atoms with van der Waals surface area (Å²) in [6.07, 6.45) is 0.549. The minimum absolute atomic E-state index is 0.175. The van der Waals surface area contributed by atoms with Gasteiger partial charge in [0.2, 0.25) is 0 Å². The number of para-hydroxylation sites is 3. The first-order chi connectivity index (χ1) is 18.4. The van der Waals surface area contributed by atoms with E-state index in [0.717, 1.165) is 0 Å². The molecule has 0 aliphatic carbocycles. The first kappa shape index (κ1) is 26.7. The molecule has 0 spiro atoms. The minimum Gasteiger partial charge on any atom is -0.497 e. The molecule has 4 rings (SSSR count). The lowest BCUT2D eigenvalue weighted by atomic mass is 10.1. The SMILES string of the molecule is CCC(c1nc2ccccc2c(=O)n1-c1ccc(OC)cc1)N(CC(C)C)C(=O)Nc1ccccc1OC. The van der Waals surface area contributed by atoms with Crippen LogP contribution >= 0.6 is 0 Å². The molecule has 8 nitrogen and oxygen atoms in total. The number of rotatable bonds is 9. The van der Waals surface area contributed by atoms with Gasteiger partial charge in [0.1, 0.15) is 17.3 Å². The van der Waals surface area contributed by atoms with Gasteiger partial charge < -0.3 is 19.7 Å². The predicted molar refractivity (Wildman–Crippen MR) is 150 cm³/mol. The number of urea groups is 1. The fourth-order valence-electron chi connectivity index (χ4n) is 4.58. The number of nitrogens with zero attached hydrogens (tertiary/aromatic N) is 3. The lowest BCUT2D eigenvalue weighted by Gasteiger charge is -2.33. The lowest BCUT2D eigenvalue weighted by molar-refractivity contribution is 0.171. The van der Waals surface area contributed by atoms with Crippen molar-refractivity contribution >= 4 is 22.6 Å². The number of benzene rings is 3. The minimum atomic E-state index is -0.480. The number of fused-ring (bicyclic) bond motifs is 1. The van der Waals surface area contributed by atoms with E-state index in [2.05, 4.69) is 19.2 Å². The molecule has 1 N–H and O–H groups in total. The number of hydrogen-bond donors (Lipinski definition) is 1. The van der Waals surface area contributed by atoms with E-state index in [-0.39, 0.29) is 17.5 Å². The molecule has 1 heterocycles. The van der Waals surface area contributed by atoms with Crippen LogP contribution < -0.4 is 20.3 Å². The Morgan fingerprint density at radius 2 is 1.66 bits per heavy atom. The normalized spacial score (nSPS) is 11.8. The van der Waals surface area contributed by atoms with E-state index in [1.54, 1.807) is 41.9 Å². The summed E-state index contributed by atoms with van der Waals surface area (Å²) in [5.41, 5.74) is 1.62. The van der Waals surface area contributed by atoms with Crippen molar-refractivity contribution in [2.45, 2.75) is 33.2 Å². The van der Waals surface area contributed by atoms with Crippen LogP contribution in [0.5, 0.6) is 11.5 Å². The molecular weight excluding hydrogens is 480 g/mol. The molecule has 0 fully saturated rings. The Morgan fingerprint density at radius 1 is 0.974 bits per heavy atom. The van der Waals surface area contributed by atoms with Crippen LogP contribution in [-0.4, -0.2) is 41.2 Å². The molecule has 8 heteroatoms. The average molecular weight is 515 g/mol. The van der Waals surface area contributed by atoms with Gasteiger partial charge in [-0.25, -0.2) is 9.78 Å². The summed E-state index contributed by atoms with van der Waals surface area (Å²) >= 11 is 0. The highest BCUT2D eigenvalue weighted by Crippen LogP contribution is 2.30. The van der Waals surface area contributed by atoms with Crippen molar-refractivity contribution < 1.29 is 14.3 Å². The van der Waals surface area contributed by atoms with Crippen LogP contribution in [0.2, 0.25) is 0 Å². The summed E-state index contributed by atoms with van der Waals surface area (Å²) < 4.78 is 12.4. The highest BCUT2D eigenvalue weighted by molar-refractivity contribution is 5.91. The predicted octanol–water partition coefficient (Wildman–Crippen LogP) is 6.04. The third-order valence-electron chi connectivity index (χ3n) is 6.36. The second-order valence-electron chi connectivity index (χ2n) is 9.43. The van der Waals surface area contributed by atoms with Crippen LogP contribution in [0, 0.1) is 5.92 Å². The van der Waals surface area contributed by atoms with Gasteiger partial charge in [-0.1, -0.05) is 45.0 Å². The zero-order valence-electron chi connectivity index (χ0n) is 22.5. The lowest BCUT2D eigenvalue weighted by Crippen LogP contribution is -2.42. The number of carbonyl (C=O) groups is 1. The van der Waals surface area contributed by atoms with Gasteiger partial charge in [-0.15, -0.1) is 0 Å². The number of amides is 2. The van der Waals surface area contributed by atoms with Crippen LogP contribution in [-0.2, 0) is 0 Å². The second-order valence-corrected chi connectivity index (χ2v) is 9.43. The molecule has 38 heavy (non-hydrogen) atoms. The molecule has 4 aromatic rings. The smallest absolute Gasteiger partial charge is 0.322 e. The molecular formula is C30H34N4O4. The molecule has 1 aromatic heterocycles. The van der Waals surface area contributed by atoms with Crippen molar-refractivity contribution in [1.82, 2.24) is 14.5 Å². The molecule has 0 saturated carbocycles. The van der Waals surface area contributed by atoms with Crippen LogP contribution in [0.25, 0.3) is 16.6 Å². The van der Waals surface area contributed by atoms with Crippen LogP contribution in [0.3, 0.4) is 0 Å². The van der Waals surface area contributed by atoms with Gasteiger partial charge in [0.15, 0.2) is 0 Å². The number of nitrogens with one attached hydrogen (secondary N) is 1. The monoisotopic (exact) mass is 514 g/mol. The summed E-state index contributed by atoms with van der Waals surface area (Å²) in [7, 11) is 3.17. The average Bonchev–Trinajstić information content (AvgIpc) is 2.93. The van der Waals surface area contributed by atoms with Crippen molar-refractivity contribution in [1.29, 1.82) is 0 Å². The summed E-state index contributed by atoms with van der Waals surface area (Å²) in [4.78, 5) is 34.4. The molecule has 3 aromatic carbocycles. The maximum atomic E-state index is 13.9. The van der Waals surface area contributed by atoms with Gasteiger partial charge in [-0.2, -0.15) is 0 Å². The number of hydrogen-bond acceptors (Lipinski definition) is 5. The topological polar surface area (TPSA) is 85.7 Å². The Bertz CT molecular complexity index is 1460. The Labute approximate surface area is 222 Å². The quantitative estimate of drug-likeness (QED) is 0.294. The fourth-order valence-corrected chi connectivity index (χ4v) is 4.58. The number of ether oxygens (including phenoxy) is 2. The largest absolute Gasteiger partial charge is 0.497 e. The van der Waals surface area contributed by atoms with Crippen molar-refractivity contribution in [3.63, 3.8) is 0 Å². The van der Waals surface area contributed by atoms with Crippen LogP contribution in [0.15, 0.2) is 77.6 Å². The Kier molecular flexibility index (Phi) is 8.31. The van der Waals surface area contributed by atoms with E-state index in [1.807, 2.05) is 61.5 Å². The molecule has 0 aliphatic rings. The maximum absolute atomic E-state index is 13.9. The molecule has 0 radical (unpaired) electrons. The van der Waals surface area contributed by atoms with Crippen molar-refractivity contribution in [3.05, 3.63) is 89.0 Å². The number of carbonyl (C=O) groups excluding carboxylic acids is 1. The van der Waals surface area contributed by atoms with Crippen molar-refractivity contribution in [3.8, 4) is 17.2 Å². The Morgan fingerprint density at radius 3 is 2.32 bits per heavy atom. The van der Waals surface area contributed by atoms with E-state index < -0.39 is 6.04 Å².